The van der Waals surface area contributed by atoms with Crippen LogP contribution < -0.4 is 10.6 Å². The van der Waals surface area contributed by atoms with Gasteiger partial charge >= 0.3 is 0 Å². The SMILES string of the molecule is CC1CC(=O)Nc2cc(F)ccc2N1. The minimum absolute atomic E-state index is 0.0710. The second-order valence-corrected chi connectivity index (χ2v) is 3.49. The zero-order valence-corrected chi connectivity index (χ0v) is 7.80. The Bertz CT molecular complexity index is 378. The van der Waals surface area contributed by atoms with E-state index in [-0.39, 0.29) is 17.8 Å². The van der Waals surface area contributed by atoms with Crippen molar-refractivity contribution in [3.05, 3.63) is 24.0 Å². The molecular formula is C10H11FN2O. The van der Waals surface area contributed by atoms with Gasteiger partial charge in [-0.25, -0.2) is 4.39 Å². The molecule has 1 atom stereocenters. The van der Waals surface area contributed by atoms with E-state index in [4.69, 9.17) is 0 Å². The Kier molecular flexibility index (Phi) is 2.11. The molecular weight excluding hydrogens is 183 g/mol. The van der Waals surface area contributed by atoms with Crippen LogP contribution in [0.4, 0.5) is 15.8 Å². The van der Waals surface area contributed by atoms with E-state index in [2.05, 4.69) is 10.6 Å². The summed E-state index contributed by atoms with van der Waals surface area (Å²) < 4.78 is 12.9. The van der Waals surface area contributed by atoms with Crippen LogP contribution in [0.2, 0.25) is 0 Å². The normalized spacial score (nSPS) is 20.4. The maximum Gasteiger partial charge on any atom is 0.226 e. The number of rotatable bonds is 0. The number of benzene rings is 1. The van der Waals surface area contributed by atoms with E-state index >= 15 is 0 Å². The Balaban J connectivity index is 2.41. The second kappa shape index (κ2) is 3.29. The van der Waals surface area contributed by atoms with Crippen LogP contribution in [0.1, 0.15) is 13.3 Å². The highest BCUT2D eigenvalue weighted by atomic mass is 19.1. The predicted octanol–water partition coefficient (Wildman–Crippen LogP) is 1.97. The largest absolute Gasteiger partial charge is 0.380 e. The molecule has 1 unspecified atom stereocenters. The van der Waals surface area contributed by atoms with Crippen molar-refractivity contribution in [3.63, 3.8) is 0 Å². The van der Waals surface area contributed by atoms with E-state index < -0.39 is 0 Å². The van der Waals surface area contributed by atoms with Gasteiger partial charge in [0.1, 0.15) is 5.82 Å². The maximum absolute atomic E-state index is 12.9. The lowest BCUT2D eigenvalue weighted by molar-refractivity contribution is -0.116. The number of nitrogens with one attached hydrogen (secondary N) is 2. The van der Waals surface area contributed by atoms with Gasteiger partial charge in [-0.1, -0.05) is 0 Å². The molecule has 3 nitrogen and oxygen atoms in total. The van der Waals surface area contributed by atoms with E-state index in [1.54, 1.807) is 6.07 Å². The van der Waals surface area contributed by atoms with E-state index in [0.29, 0.717) is 12.1 Å². The zero-order chi connectivity index (χ0) is 10.1. The van der Waals surface area contributed by atoms with Crippen LogP contribution in [0.15, 0.2) is 18.2 Å². The molecule has 2 N–H and O–H groups in total. The molecule has 0 bridgehead atoms. The number of fused-ring (bicyclic) bond motifs is 1. The van der Waals surface area contributed by atoms with E-state index in [0.717, 1.165) is 5.69 Å². The van der Waals surface area contributed by atoms with Gasteiger partial charge in [0.2, 0.25) is 5.91 Å². The monoisotopic (exact) mass is 194 g/mol. The molecule has 1 aromatic rings. The summed E-state index contributed by atoms with van der Waals surface area (Å²) in [5.41, 5.74) is 1.28. The van der Waals surface area contributed by atoms with Crippen molar-refractivity contribution < 1.29 is 9.18 Å². The number of amides is 1. The van der Waals surface area contributed by atoms with Gasteiger partial charge < -0.3 is 10.6 Å². The lowest BCUT2D eigenvalue weighted by atomic mass is 10.2. The molecule has 0 spiro atoms. The number of anilines is 2. The highest BCUT2D eigenvalue weighted by Crippen LogP contribution is 2.26. The molecule has 2 rings (SSSR count). The molecule has 4 heteroatoms. The lowest BCUT2D eigenvalue weighted by Gasteiger charge is -2.10. The maximum atomic E-state index is 12.9. The van der Waals surface area contributed by atoms with Gasteiger partial charge in [-0.15, -0.1) is 0 Å². The van der Waals surface area contributed by atoms with Crippen molar-refractivity contribution in [2.45, 2.75) is 19.4 Å². The van der Waals surface area contributed by atoms with Crippen molar-refractivity contribution in [2.75, 3.05) is 10.6 Å². The number of hydrogen-bond acceptors (Lipinski definition) is 2. The summed E-state index contributed by atoms with van der Waals surface area (Å²) in [4.78, 5) is 11.3. The van der Waals surface area contributed by atoms with Crippen LogP contribution in [0.5, 0.6) is 0 Å². The van der Waals surface area contributed by atoms with Crippen LogP contribution in [0.3, 0.4) is 0 Å². The molecule has 1 amide bonds. The Hall–Kier alpha value is -1.58. The van der Waals surface area contributed by atoms with Gasteiger partial charge in [-0.05, 0) is 25.1 Å². The lowest BCUT2D eigenvalue weighted by Crippen LogP contribution is -2.18. The second-order valence-electron chi connectivity index (χ2n) is 3.49. The molecule has 0 radical (unpaired) electrons. The van der Waals surface area contributed by atoms with Crippen molar-refractivity contribution in [1.29, 1.82) is 0 Å². The average Bonchev–Trinajstić information content (AvgIpc) is 2.21. The molecule has 0 saturated carbocycles. The predicted molar refractivity (Wildman–Crippen MR) is 52.7 cm³/mol. The van der Waals surface area contributed by atoms with Gasteiger partial charge in [0.05, 0.1) is 11.4 Å². The van der Waals surface area contributed by atoms with Gasteiger partial charge in [0.25, 0.3) is 0 Å². The Labute approximate surface area is 81.3 Å². The van der Waals surface area contributed by atoms with Crippen LogP contribution in [-0.2, 0) is 4.79 Å². The molecule has 1 aliphatic heterocycles. The molecule has 0 aliphatic carbocycles. The molecule has 0 aromatic heterocycles. The topological polar surface area (TPSA) is 41.1 Å². The van der Waals surface area contributed by atoms with Crippen LogP contribution in [0.25, 0.3) is 0 Å². The molecule has 1 aliphatic rings. The van der Waals surface area contributed by atoms with Gasteiger partial charge in [-0.2, -0.15) is 0 Å². The molecule has 1 heterocycles. The third-order valence-corrected chi connectivity index (χ3v) is 2.15. The minimum atomic E-state index is -0.347. The van der Waals surface area contributed by atoms with Crippen molar-refractivity contribution in [1.82, 2.24) is 0 Å². The smallest absolute Gasteiger partial charge is 0.226 e. The summed E-state index contributed by atoms with van der Waals surface area (Å²) >= 11 is 0. The summed E-state index contributed by atoms with van der Waals surface area (Å²) in [6.45, 7) is 1.91. The molecule has 74 valence electrons. The standard InChI is InChI=1S/C10H11FN2O/c1-6-4-10(14)13-9-5-7(11)2-3-8(9)12-6/h2-3,5-6,12H,4H2,1H3,(H,13,14). The average molecular weight is 194 g/mol. The van der Waals surface area contributed by atoms with E-state index in [1.165, 1.54) is 12.1 Å². The fraction of sp³-hybridized carbons (Fsp3) is 0.300. The first-order valence-corrected chi connectivity index (χ1v) is 4.51. The Morgan fingerprint density at radius 1 is 1.43 bits per heavy atom. The van der Waals surface area contributed by atoms with Crippen molar-refractivity contribution >= 4 is 17.3 Å². The minimum Gasteiger partial charge on any atom is -0.380 e. The quantitative estimate of drug-likeness (QED) is 0.663. The number of hydrogen-bond donors (Lipinski definition) is 2. The molecule has 14 heavy (non-hydrogen) atoms. The molecule has 0 saturated heterocycles. The fourth-order valence-corrected chi connectivity index (χ4v) is 1.54. The van der Waals surface area contributed by atoms with Crippen LogP contribution >= 0.6 is 0 Å². The first-order valence-electron chi connectivity index (χ1n) is 4.51. The van der Waals surface area contributed by atoms with Crippen molar-refractivity contribution in [3.8, 4) is 0 Å². The Morgan fingerprint density at radius 3 is 3.00 bits per heavy atom. The summed E-state index contributed by atoms with van der Waals surface area (Å²) in [5, 5.41) is 5.78. The van der Waals surface area contributed by atoms with Crippen LogP contribution in [-0.4, -0.2) is 11.9 Å². The summed E-state index contributed by atoms with van der Waals surface area (Å²) in [7, 11) is 0. The van der Waals surface area contributed by atoms with Gasteiger partial charge in [-0.3, -0.25) is 4.79 Å². The third kappa shape index (κ3) is 1.69. The van der Waals surface area contributed by atoms with Crippen LogP contribution in [0, 0.1) is 5.82 Å². The third-order valence-electron chi connectivity index (χ3n) is 2.15. The van der Waals surface area contributed by atoms with Crippen molar-refractivity contribution in [2.24, 2.45) is 0 Å². The highest BCUT2D eigenvalue weighted by Gasteiger charge is 2.17. The summed E-state index contributed by atoms with van der Waals surface area (Å²) in [5.74, 6) is -0.435. The summed E-state index contributed by atoms with van der Waals surface area (Å²) in [6.07, 6.45) is 0.399. The zero-order valence-electron chi connectivity index (χ0n) is 7.80. The number of halogens is 1. The molecule has 0 fully saturated rings. The van der Waals surface area contributed by atoms with Gasteiger partial charge in [0.15, 0.2) is 0 Å². The van der Waals surface area contributed by atoms with Gasteiger partial charge in [0, 0.05) is 12.5 Å². The van der Waals surface area contributed by atoms with E-state index in [9.17, 15) is 9.18 Å². The number of carbonyl (C=O) groups is 1. The summed E-state index contributed by atoms with van der Waals surface area (Å²) in [6, 6.07) is 4.39. The number of carbonyl (C=O) groups excluding carboxylic acids is 1. The Morgan fingerprint density at radius 2 is 2.21 bits per heavy atom. The highest BCUT2D eigenvalue weighted by molar-refractivity contribution is 5.96. The molecule has 1 aromatic carbocycles. The first-order chi connectivity index (χ1) is 6.65. The van der Waals surface area contributed by atoms with E-state index in [1.807, 2.05) is 6.92 Å². The fourth-order valence-electron chi connectivity index (χ4n) is 1.54. The first kappa shape index (κ1) is 8.99.